The van der Waals surface area contributed by atoms with E-state index in [0.717, 1.165) is 0 Å². The summed E-state index contributed by atoms with van der Waals surface area (Å²) >= 11 is 0. The number of rotatable bonds is 0. The molecular weight excluding hydrogens is 313 g/mol. The minimum absolute atomic E-state index is 0. The molecule has 0 N–H and O–H groups in total. The Bertz CT molecular complexity index is 62.4. The second-order valence-corrected chi connectivity index (χ2v) is 1.95. The fourth-order valence-corrected chi connectivity index (χ4v) is 0. The fourth-order valence-electron chi connectivity index (χ4n) is 0. The molecule has 0 aromatic carbocycles. The van der Waals surface area contributed by atoms with E-state index in [1.807, 2.05) is 0 Å². The number of hydrogen-bond donors (Lipinski definition) is 0. The molecule has 0 rings (SSSR count). The molecule has 0 atom stereocenters. The predicted octanol–water partition coefficient (Wildman–Crippen LogP) is 0.727. The summed E-state index contributed by atoms with van der Waals surface area (Å²) in [5, 5.41) is 0. The van der Waals surface area contributed by atoms with Gasteiger partial charge in [-0.3, -0.25) is 9.13 Å². The molecule has 0 amide bonds. The van der Waals surface area contributed by atoms with Gasteiger partial charge < -0.3 is 15.7 Å². The van der Waals surface area contributed by atoms with E-state index in [1.54, 1.807) is 0 Å². The first kappa shape index (κ1) is 22.8. The van der Waals surface area contributed by atoms with Gasteiger partial charge in [0.25, 0.3) is 0 Å². The van der Waals surface area contributed by atoms with Crippen molar-refractivity contribution < 1.29 is 54.5 Å². The Morgan fingerprint density at radius 1 is 1.00 bits per heavy atom. The molecule has 0 spiro atoms. The van der Waals surface area contributed by atoms with Crippen molar-refractivity contribution in [3.05, 3.63) is 5.92 Å². The van der Waals surface area contributed by atoms with Crippen molar-refractivity contribution >= 4 is 17.4 Å². The third-order valence-electron chi connectivity index (χ3n) is 0. The van der Waals surface area contributed by atoms with Crippen molar-refractivity contribution in [1.82, 2.24) is 0 Å². The van der Waals surface area contributed by atoms with Crippen LogP contribution in [0.1, 0.15) is 20.8 Å². The van der Waals surface area contributed by atoms with Crippen LogP contribution in [0.2, 0.25) is 0 Å². The molecule has 0 fully saturated rings. The molecule has 0 heterocycles. The Morgan fingerprint density at radius 3 is 1.00 bits per heavy atom. The molecule has 0 aromatic heterocycles. The summed E-state index contributed by atoms with van der Waals surface area (Å²) in [5.74, 6) is 1.42. The van der Waals surface area contributed by atoms with Crippen LogP contribution in [0, 0.1) is 41.5 Å². The first-order valence-electron chi connectivity index (χ1n) is 2.23. The quantitative estimate of drug-likeness (QED) is 0.486. The molecule has 7 heteroatoms. The van der Waals surface area contributed by atoms with Crippen LogP contribution < -0.4 is 9.79 Å². The van der Waals surface area contributed by atoms with Crippen LogP contribution >= 0.6 is 17.4 Å². The summed E-state index contributed by atoms with van der Waals surface area (Å²) in [4.78, 5) is 16.7. The molecular formula is C4H9LaO4P2. The van der Waals surface area contributed by atoms with Crippen LogP contribution in [-0.2, 0) is 9.13 Å². The largest absolute Gasteiger partial charge is 3.00 e. The molecule has 4 nitrogen and oxygen atoms in total. The zero-order valence-corrected chi connectivity index (χ0v) is 12.0. The molecule has 0 radical (unpaired) electrons. The average Bonchev–Trinajstić information content (AvgIpc) is 1.65. The van der Waals surface area contributed by atoms with E-state index < -0.39 is 17.4 Å². The molecule has 11 heavy (non-hydrogen) atoms. The predicted molar refractivity (Wildman–Crippen MR) is 35.5 cm³/mol. The normalized spacial score (nSPS) is 7.09. The van der Waals surface area contributed by atoms with Gasteiger partial charge in [-0.15, -0.1) is 0 Å². The first-order chi connectivity index (χ1) is 4.56. The van der Waals surface area contributed by atoms with Gasteiger partial charge in [0.2, 0.25) is 0 Å². The molecule has 0 saturated carbocycles. The third kappa shape index (κ3) is 568. The van der Waals surface area contributed by atoms with E-state index in [0.29, 0.717) is 0 Å². The van der Waals surface area contributed by atoms with E-state index in [1.165, 1.54) is 5.92 Å². The Hall–Kier alpha value is 1.31. The Morgan fingerprint density at radius 2 is 1.00 bits per heavy atom. The molecule has 0 aliphatic carbocycles. The summed E-state index contributed by atoms with van der Waals surface area (Å²) in [7, 11) is -2.17. The summed E-state index contributed by atoms with van der Waals surface area (Å²) in [6, 6.07) is 0. The fraction of sp³-hybridized carbons (Fsp3) is 0.750. The van der Waals surface area contributed by atoms with Crippen LogP contribution in [0.3, 0.4) is 0 Å². The van der Waals surface area contributed by atoms with E-state index in [2.05, 4.69) is 20.8 Å². The van der Waals surface area contributed by atoms with Crippen LogP contribution in [-0.4, -0.2) is 0 Å². The van der Waals surface area contributed by atoms with Crippen molar-refractivity contribution in [2.75, 3.05) is 0 Å². The Labute approximate surface area is 98.0 Å². The second kappa shape index (κ2) is 30.2. The maximum absolute atomic E-state index is 8.35. The number of hydrogen-bond acceptors (Lipinski definition) is 4. The molecule has 0 unspecified atom stereocenters. The molecule has 0 saturated heterocycles. The zero-order valence-electron chi connectivity index (χ0n) is 6.60. The van der Waals surface area contributed by atoms with Crippen molar-refractivity contribution in [2.24, 2.45) is 0 Å². The van der Waals surface area contributed by atoms with Crippen LogP contribution in [0.25, 0.3) is 0 Å². The van der Waals surface area contributed by atoms with E-state index >= 15 is 0 Å². The van der Waals surface area contributed by atoms with E-state index in [-0.39, 0.29) is 35.6 Å². The SMILES string of the molecule is C[C-](C)C.O=P[O-].O=P[O-].[La+3]. The van der Waals surface area contributed by atoms with E-state index in [9.17, 15) is 0 Å². The van der Waals surface area contributed by atoms with Crippen LogP contribution in [0.15, 0.2) is 0 Å². The maximum atomic E-state index is 8.35. The first-order valence-corrected chi connectivity index (χ1v) is 3.69. The van der Waals surface area contributed by atoms with Gasteiger partial charge in [0.1, 0.15) is 0 Å². The standard InChI is InChI=1S/C4H9.La.2HO2P/c1-4(2)3;;2*1-3-2/h1-3H3;;2*(H,1,2)/q-1;+3;;/p-2. The van der Waals surface area contributed by atoms with Gasteiger partial charge >= 0.3 is 35.6 Å². The topological polar surface area (TPSA) is 80.3 Å². The van der Waals surface area contributed by atoms with Gasteiger partial charge in [-0.2, -0.15) is 20.8 Å². The van der Waals surface area contributed by atoms with Gasteiger partial charge in [-0.1, -0.05) is 0 Å². The summed E-state index contributed by atoms with van der Waals surface area (Å²) in [5.41, 5.74) is 0. The maximum Gasteiger partial charge on any atom is 3.00 e. The Balaban J connectivity index is -0.0000000325. The van der Waals surface area contributed by atoms with Gasteiger partial charge in [-0.05, 0) is 0 Å². The van der Waals surface area contributed by atoms with Crippen LogP contribution in [0.4, 0.5) is 0 Å². The van der Waals surface area contributed by atoms with Gasteiger partial charge in [0.15, 0.2) is 0 Å². The minimum Gasteiger partial charge on any atom is -0.772 e. The summed E-state index contributed by atoms with van der Waals surface area (Å²) < 4.78 is 16.7. The molecule has 0 aliphatic heterocycles. The molecule has 0 bridgehead atoms. The average molecular weight is 322 g/mol. The van der Waals surface area contributed by atoms with Crippen molar-refractivity contribution in [2.45, 2.75) is 20.8 Å². The summed E-state index contributed by atoms with van der Waals surface area (Å²) in [6.45, 7) is 6.25. The van der Waals surface area contributed by atoms with Gasteiger partial charge in [0, 0.05) is 0 Å². The smallest absolute Gasteiger partial charge is 0.772 e. The monoisotopic (exact) mass is 322 g/mol. The van der Waals surface area contributed by atoms with E-state index in [4.69, 9.17) is 18.9 Å². The van der Waals surface area contributed by atoms with Crippen molar-refractivity contribution in [3.63, 3.8) is 0 Å². The van der Waals surface area contributed by atoms with Crippen LogP contribution in [0.5, 0.6) is 0 Å². The molecule has 0 aromatic rings. The van der Waals surface area contributed by atoms with Crippen molar-refractivity contribution in [3.8, 4) is 0 Å². The Kier molecular flexibility index (Phi) is 62.6. The van der Waals surface area contributed by atoms with Crippen molar-refractivity contribution in [1.29, 1.82) is 0 Å². The third-order valence-corrected chi connectivity index (χ3v) is 0. The molecule has 0 aliphatic rings. The van der Waals surface area contributed by atoms with Gasteiger partial charge in [-0.25, -0.2) is 0 Å². The minimum atomic E-state index is -1.08. The summed E-state index contributed by atoms with van der Waals surface area (Å²) in [6.07, 6.45) is 0. The molecule has 62 valence electrons. The zero-order chi connectivity index (χ0) is 8.99. The second-order valence-electron chi connectivity index (χ2n) is 1.65. The van der Waals surface area contributed by atoms with Gasteiger partial charge in [0.05, 0.1) is 17.4 Å².